The summed E-state index contributed by atoms with van der Waals surface area (Å²) in [5.41, 5.74) is 1.18. The van der Waals surface area contributed by atoms with Gasteiger partial charge in [0.05, 0.1) is 18.1 Å². The van der Waals surface area contributed by atoms with Crippen molar-refractivity contribution in [1.29, 1.82) is 0 Å². The normalized spacial score (nSPS) is 16.6. The molecule has 0 aliphatic carbocycles. The molecule has 0 unspecified atom stereocenters. The Morgan fingerprint density at radius 2 is 2.07 bits per heavy atom. The van der Waals surface area contributed by atoms with Crippen molar-refractivity contribution in [2.24, 2.45) is 4.99 Å². The summed E-state index contributed by atoms with van der Waals surface area (Å²) >= 11 is 1.86. The maximum atomic E-state index is 4.12. The highest BCUT2D eigenvalue weighted by atomic mass is 32.2. The molecule has 0 fully saturated rings. The Morgan fingerprint density at radius 1 is 1.21 bits per heavy atom. The van der Waals surface area contributed by atoms with E-state index in [0.717, 1.165) is 5.75 Å². The van der Waals surface area contributed by atoms with Crippen LogP contribution in [0.3, 0.4) is 0 Å². The van der Waals surface area contributed by atoms with Crippen LogP contribution in [-0.4, -0.2) is 27.4 Å². The summed E-state index contributed by atoms with van der Waals surface area (Å²) in [4.78, 5) is 5.46. The van der Waals surface area contributed by atoms with E-state index in [9.17, 15) is 0 Å². The van der Waals surface area contributed by atoms with Gasteiger partial charge in [-0.2, -0.15) is 0 Å². The molecule has 70 valence electrons. The van der Waals surface area contributed by atoms with Crippen LogP contribution in [0.5, 0.6) is 0 Å². The van der Waals surface area contributed by atoms with E-state index in [-0.39, 0.29) is 0 Å². The zero-order valence-corrected chi connectivity index (χ0v) is 8.18. The van der Waals surface area contributed by atoms with E-state index in [1.165, 1.54) is 10.6 Å². The highest BCUT2D eigenvalue weighted by Crippen LogP contribution is 2.33. The molecule has 3 rings (SSSR count). The molecular weight excluding hydrogens is 196 g/mol. The third kappa shape index (κ3) is 2.26. The van der Waals surface area contributed by atoms with Gasteiger partial charge in [0.1, 0.15) is 0 Å². The molecule has 0 N–H and O–H groups in total. The van der Waals surface area contributed by atoms with Crippen molar-refractivity contribution >= 4 is 18.0 Å². The van der Waals surface area contributed by atoms with Gasteiger partial charge in [-0.1, -0.05) is 0 Å². The molecule has 14 heavy (non-hydrogen) atoms. The van der Waals surface area contributed by atoms with Crippen LogP contribution in [0.4, 0.5) is 0 Å². The molecule has 1 aromatic heterocycles. The van der Waals surface area contributed by atoms with Gasteiger partial charge in [0, 0.05) is 16.9 Å². The molecule has 5 heteroatoms. The van der Waals surface area contributed by atoms with Crippen LogP contribution in [0.25, 0.3) is 0 Å². The number of thioether (sulfide) groups is 1. The minimum absolute atomic E-state index is 1.11. The van der Waals surface area contributed by atoms with Crippen LogP contribution >= 0.6 is 11.8 Å². The number of aromatic nitrogens is 3. The largest absolute Gasteiger partial charge is 0.256 e. The van der Waals surface area contributed by atoms with Crippen LogP contribution in [0, 0.1) is 0 Å². The Balaban J connectivity index is 0.000000112. The van der Waals surface area contributed by atoms with E-state index in [2.05, 4.69) is 32.6 Å². The summed E-state index contributed by atoms with van der Waals surface area (Å²) in [5, 5.41) is 10.1. The Labute approximate surface area is 85.9 Å². The summed E-state index contributed by atoms with van der Waals surface area (Å²) in [7, 11) is 0. The van der Waals surface area contributed by atoms with E-state index < -0.39 is 0 Å². The topological polar surface area (TPSA) is 51.0 Å². The smallest absolute Gasteiger partial charge is 0.0734 e. The Hall–Kier alpha value is -1.49. The van der Waals surface area contributed by atoms with E-state index in [1.54, 1.807) is 18.5 Å². The van der Waals surface area contributed by atoms with Crippen molar-refractivity contribution in [3.05, 3.63) is 41.2 Å². The lowest BCUT2D eigenvalue weighted by Gasteiger charge is -1.85. The van der Waals surface area contributed by atoms with E-state index in [4.69, 9.17) is 0 Å². The minimum Gasteiger partial charge on any atom is -0.256 e. The van der Waals surface area contributed by atoms with Crippen molar-refractivity contribution in [2.75, 3.05) is 5.75 Å². The number of nitrogens with zero attached hydrogens (tertiary/aromatic N) is 4. The van der Waals surface area contributed by atoms with Crippen molar-refractivity contribution in [3.63, 3.8) is 0 Å². The Bertz CT molecular complexity index is 356. The molecule has 0 atom stereocenters. The minimum atomic E-state index is 1.11. The molecule has 3 heterocycles. The first kappa shape index (κ1) is 9.08. The molecule has 0 aromatic carbocycles. The first-order valence-corrected chi connectivity index (χ1v) is 5.11. The predicted octanol–water partition coefficient (Wildman–Crippen LogP) is 1.46. The average Bonchev–Trinajstić information content (AvgIpc) is 2.82. The summed E-state index contributed by atoms with van der Waals surface area (Å²) < 4.78 is 0. The number of allylic oxidation sites excluding steroid dienone is 1. The third-order valence-electron chi connectivity index (χ3n) is 1.62. The standard InChI is InChI=1S/C6H5NS.C3H3N3/c1-3-7-5-2-4-8-6(1)5;1-2-4-6-5-3-1/h1-3H,4H2;1-3H. The van der Waals surface area contributed by atoms with Crippen molar-refractivity contribution < 1.29 is 0 Å². The Kier molecular flexibility index (Phi) is 3.03. The molecule has 0 saturated heterocycles. The zero-order valence-electron chi connectivity index (χ0n) is 7.37. The first-order chi connectivity index (χ1) is 6.97. The summed E-state index contributed by atoms with van der Waals surface area (Å²) in [5.74, 6) is 1.11. The van der Waals surface area contributed by atoms with Crippen LogP contribution < -0.4 is 0 Å². The van der Waals surface area contributed by atoms with Crippen molar-refractivity contribution in [2.45, 2.75) is 0 Å². The second-order valence-corrected chi connectivity index (χ2v) is 3.58. The molecular formula is C9H8N4S. The molecule has 0 saturated carbocycles. The number of aliphatic imine (C=N–C) groups is 1. The summed E-state index contributed by atoms with van der Waals surface area (Å²) in [6.45, 7) is 0. The van der Waals surface area contributed by atoms with Crippen LogP contribution in [0.15, 0.2) is 46.2 Å². The second-order valence-electron chi connectivity index (χ2n) is 2.52. The van der Waals surface area contributed by atoms with Crippen LogP contribution in [0.1, 0.15) is 0 Å². The fourth-order valence-corrected chi connectivity index (χ4v) is 1.89. The molecule has 0 radical (unpaired) electrons. The highest BCUT2D eigenvalue weighted by molar-refractivity contribution is 8.03. The fourth-order valence-electron chi connectivity index (χ4n) is 1.02. The summed E-state index contributed by atoms with van der Waals surface area (Å²) in [6.07, 6.45) is 9.22. The van der Waals surface area contributed by atoms with Gasteiger partial charge in [-0.15, -0.1) is 22.0 Å². The van der Waals surface area contributed by atoms with Gasteiger partial charge in [0.25, 0.3) is 0 Å². The first-order valence-electron chi connectivity index (χ1n) is 4.13. The zero-order chi connectivity index (χ0) is 9.64. The van der Waals surface area contributed by atoms with E-state index in [0.29, 0.717) is 0 Å². The monoisotopic (exact) mass is 204 g/mol. The van der Waals surface area contributed by atoms with Crippen molar-refractivity contribution in [3.8, 4) is 0 Å². The van der Waals surface area contributed by atoms with Crippen LogP contribution in [0.2, 0.25) is 0 Å². The molecule has 0 spiro atoms. The van der Waals surface area contributed by atoms with E-state index >= 15 is 0 Å². The molecule has 4 nitrogen and oxygen atoms in total. The van der Waals surface area contributed by atoms with Crippen LogP contribution in [-0.2, 0) is 0 Å². The van der Waals surface area contributed by atoms with Gasteiger partial charge in [-0.3, -0.25) is 4.99 Å². The summed E-state index contributed by atoms with van der Waals surface area (Å²) in [6, 6.07) is 1.72. The second kappa shape index (κ2) is 4.66. The van der Waals surface area contributed by atoms with Gasteiger partial charge >= 0.3 is 0 Å². The SMILES string of the molecule is C1=NC2=CCSC2=C1.c1cnnnc1. The lowest BCUT2D eigenvalue weighted by molar-refractivity contribution is 0.865. The van der Waals surface area contributed by atoms with Gasteiger partial charge < -0.3 is 0 Å². The number of rotatable bonds is 0. The number of fused-ring (bicyclic) bond motifs is 1. The number of hydrogen-bond acceptors (Lipinski definition) is 5. The number of hydrogen-bond donors (Lipinski definition) is 0. The maximum absolute atomic E-state index is 4.12. The predicted molar refractivity (Wildman–Crippen MR) is 56.9 cm³/mol. The lowest BCUT2D eigenvalue weighted by atomic mass is 10.4. The van der Waals surface area contributed by atoms with Gasteiger partial charge in [0.2, 0.25) is 0 Å². The van der Waals surface area contributed by atoms with E-state index in [1.807, 2.05) is 18.0 Å². The highest BCUT2D eigenvalue weighted by Gasteiger charge is 2.12. The fraction of sp³-hybridized carbons (Fsp3) is 0.111. The Morgan fingerprint density at radius 3 is 2.64 bits per heavy atom. The molecule has 2 aliphatic heterocycles. The van der Waals surface area contributed by atoms with Gasteiger partial charge in [-0.05, 0) is 23.4 Å². The quantitative estimate of drug-likeness (QED) is 0.642. The molecule has 1 aromatic rings. The molecule has 0 bridgehead atoms. The average molecular weight is 204 g/mol. The van der Waals surface area contributed by atoms with Gasteiger partial charge in [0.15, 0.2) is 0 Å². The lowest BCUT2D eigenvalue weighted by Crippen LogP contribution is -1.78. The maximum Gasteiger partial charge on any atom is 0.0734 e. The van der Waals surface area contributed by atoms with Crippen molar-refractivity contribution in [1.82, 2.24) is 15.4 Å². The molecule has 0 amide bonds. The van der Waals surface area contributed by atoms with Gasteiger partial charge in [-0.25, -0.2) is 0 Å². The molecule has 2 aliphatic rings. The third-order valence-corrected chi connectivity index (χ3v) is 2.61.